The molecule has 1 atom stereocenters. The number of unbranched alkanes of at least 4 members (excludes halogenated alkanes) is 11. The average molecular weight is 324 g/mol. The first kappa shape index (κ1) is 24.7. The van der Waals surface area contributed by atoms with Crippen LogP contribution >= 0.6 is 0 Å². The summed E-state index contributed by atoms with van der Waals surface area (Å²) >= 11 is 0. The van der Waals surface area contributed by atoms with Crippen molar-refractivity contribution in [2.45, 2.75) is 103 Å². The van der Waals surface area contributed by atoms with E-state index >= 15 is 0 Å². The van der Waals surface area contributed by atoms with Gasteiger partial charge in [0.2, 0.25) is 0 Å². The summed E-state index contributed by atoms with van der Waals surface area (Å²) in [6.45, 7) is 3.78. The predicted molar refractivity (Wildman–Crippen MR) is 89.4 cm³/mol. The van der Waals surface area contributed by atoms with E-state index < -0.39 is 6.10 Å². The van der Waals surface area contributed by atoms with Gasteiger partial charge < -0.3 is 11.3 Å². The van der Waals surface area contributed by atoms with Crippen molar-refractivity contribution in [2.24, 2.45) is 0 Å². The van der Waals surface area contributed by atoms with Gasteiger partial charge in [-0.25, -0.2) is 0 Å². The minimum absolute atomic E-state index is 0. The smallest absolute Gasteiger partial charge is 1.00 e. The second kappa shape index (κ2) is 19.5. The summed E-state index contributed by atoms with van der Waals surface area (Å²) < 4.78 is 4.77. The zero-order chi connectivity index (χ0) is 15.8. The Bertz CT molecular complexity index is 240. The number of aliphatic hydroxyl groups excluding tert-OH is 1. The Morgan fingerprint density at radius 2 is 1.32 bits per heavy atom. The molecule has 1 N–H and O–H groups in total. The topological polar surface area (TPSA) is 46.5 Å². The van der Waals surface area contributed by atoms with Crippen molar-refractivity contribution < 1.29 is 45.6 Å². The molecule has 0 aliphatic rings. The van der Waals surface area contributed by atoms with Gasteiger partial charge >= 0.3 is 35.5 Å². The molecule has 0 saturated carbocycles. The molecule has 0 aliphatic heterocycles. The molecule has 0 heterocycles. The Hall–Kier alpha value is 0.430. The Morgan fingerprint density at radius 3 is 1.73 bits per heavy atom. The molecule has 0 aliphatic carbocycles. The molecule has 0 aromatic rings. The number of aliphatic hydroxyl groups is 1. The molecular formula is C18H37NaO3. The van der Waals surface area contributed by atoms with E-state index in [1.54, 1.807) is 0 Å². The average Bonchev–Trinajstić information content (AvgIpc) is 2.46. The Morgan fingerprint density at radius 1 is 0.909 bits per heavy atom. The Kier molecular flexibility index (Phi) is 21.8. The maximum absolute atomic E-state index is 10.6. The van der Waals surface area contributed by atoms with Crippen molar-refractivity contribution in [2.75, 3.05) is 6.61 Å². The summed E-state index contributed by atoms with van der Waals surface area (Å²) in [6.07, 6.45) is 16.1. The molecule has 4 heteroatoms. The summed E-state index contributed by atoms with van der Waals surface area (Å²) in [5.41, 5.74) is 0. The van der Waals surface area contributed by atoms with E-state index in [9.17, 15) is 9.90 Å². The van der Waals surface area contributed by atoms with Crippen LogP contribution in [0.25, 0.3) is 0 Å². The molecule has 0 fully saturated rings. The Labute approximate surface area is 161 Å². The molecule has 1 unspecified atom stereocenters. The summed E-state index contributed by atoms with van der Waals surface area (Å²) in [7, 11) is 0. The number of hydrogen-bond acceptors (Lipinski definition) is 3. The van der Waals surface area contributed by atoms with Crippen molar-refractivity contribution in [3.8, 4) is 0 Å². The third-order valence-electron chi connectivity index (χ3n) is 3.87. The van der Waals surface area contributed by atoms with Crippen LogP contribution in [0.15, 0.2) is 0 Å². The first-order chi connectivity index (χ1) is 10.2. The molecule has 0 radical (unpaired) electrons. The van der Waals surface area contributed by atoms with Crippen LogP contribution < -0.4 is 29.6 Å². The van der Waals surface area contributed by atoms with Crippen LogP contribution in [0.1, 0.15) is 98.7 Å². The van der Waals surface area contributed by atoms with Crippen LogP contribution in [0, 0.1) is 0 Å². The number of rotatable bonds is 15. The molecule has 0 aromatic carbocycles. The largest absolute Gasteiger partial charge is 1.00 e. The maximum Gasteiger partial charge on any atom is 1.00 e. The third kappa shape index (κ3) is 20.4. The van der Waals surface area contributed by atoms with Crippen molar-refractivity contribution in [1.82, 2.24) is 0 Å². The summed E-state index contributed by atoms with van der Waals surface area (Å²) in [4.78, 5) is 10.6. The summed E-state index contributed by atoms with van der Waals surface area (Å²) in [6, 6.07) is 0. The van der Waals surface area contributed by atoms with Crippen LogP contribution in [0.5, 0.6) is 0 Å². The monoisotopic (exact) mass is 324 g/mol. The molecule has 0 rings (SSSR count). The molecule has 0 saturated heterocycles. The number of hydrogen-bond donors (Lipinski definition) is 1. The minimum Gasteiger partial charge on any atom is -1.00 e. The van der Waals surface area contributed by atoms with Gasteiger partial charge in [-0.1, -0.05) is 84.0 Å². The normalized spacial score (nSPS) is 11.8. The first-order valence-corrected chi connectivity index (χ1v) is 8.98. The molecule has 0 aromatic heterocycles. The van der Waals surface area contributed by atoms with Crippen LogP contribution in [0.3, 0.4) is 0 Å². The van der Waals surface area contributed by atoms with Crippen molar-refractivity contribution >= 4 is 5.97 Å². The number of carbonyl (C=O) groups excluding carboxylic acids is 1. The van der Waals surface area contributed by atoms with E-state index in [1.165, 1.54) is 77.6 Å². The molecule has 0 spiro atoms. The summed E-state index contributed by atoms with van der Waals surface area (Å²) in [5, 5.41) is 9.58. The molecule has 128 valence electrons. The molecule has 0 bridgehead atoms. The zero-order valence-corrected chi connectivity index (χ0v) is 17.2. The van der Waals surface area contributed by atoms with Gasteiger partial charge in [-0.15, -0.1) is 0 Å². The fourth-order valence-electron chi connectivity index (χ4n) is 2.52. The quantitative estimate of drug-likeness (QED) is 0.285. The summed E-state index contributed by atoms with van der Waals surface area (Å²) in [5.74, 6) is -0.316. The predicted octanol–water partition coefficient (Wildman–Crippen LogP) is 2.12. The van der Waals surface area contributed by atoms with E-state index in [0.717, 1.165) is 12.8 Å². The van der Waals surface area contributed by atoms with Gasteiger partial charge in [0.25, 0.3) is 0 Å². The van der Waals surface area contributed by atoms with Crippen molar-refractivity contribution in [1.29, 1.82) is 0 Å². The van der Waals surface area contributed by atoms with Crippen molar-refractivity contribution in [3.63, 3.8) is 0 Å². The van der Waals surface area contributed by atoms with Crippen LogP contribution in [0.2, 0.25) is 0 Å². The van der Waals surface area contributed by atoms with Crippen LogP contribution in [-0.2, 0) is 9.53 Å². The number of ether oxygens (including phenoxy) is 1. The number of carbonyl (C=O) groups is 1. The van der Waals surface area contributed by atoms with Gasteiger partial charge in [-0.05, 0) is 6.42 Å². The standard InChI is InChI=1S/C18H36O3.Na.H/c1-3-4-5-6-7-8-9-10-11-12-13-14-15-18(20)16-21-17(2)19;;/h18,20H,3-16H2,1-2H3;;/q;+1;-1. The minimum atomic E-state index is -0.489. The molecule has 0 amide bonds. The number of esters is 1. The van der Waals surface area contributed by atoms with E-state index in [1.807, 2.05) is 0 Å². The van der Waals surface area contributed by atoms with Gasteiger partial charge in [-0.3, -0.25) is 4.79 Å². The van der Waals surface area contributed by atoms with E-state index in [-0.39, 0.29) is 43.6 Å². The second-order valence-electron chi connectivity index (χ2n) is 6.13. The van der Waals surface area contributed by atoms with E-state index in [2.05, 4.69) is 6.92 Å². The first-order valence-electron chi connectivity index (χ1n) is 8.98. The van der Waals surface area contributed by atoms with Gasteiger partial charge in [0.15, 0.2) is 0 Å². The van der Waals surface area contributed by atoms with Gasteiger partial charge in [0.1, 0.15) is 6.61 Å². The molecular weight excluding hydrogens is 287 g/mol. The fourth-order valence-corrected chi connectivity index (χ4v) is 2.52. The Balaban J connectivity index is -0.00000200. The van der Waals surface area contributed by atoms with E-state index in [0.29, 0.717) is 0 Å². The van der Waals surface area contributed by atoms with Gasteiger partial charge in [-0.2, -0.15) is 0 Å². The second-order valence-corrected chi connectivity index (χ2v) is 6.13. The van der Waals surface area contributed by atoms with Crippen LogP contribution in [0.4, 0.5) is 0 Å². The zero-order valence-electron chi connectivity index (χ0n) is 16.2. The van der Waals surface area contributed by atoms with Crippen molar-refractivity contribution in [3.05, 3.63) is 0 Å². The van der Waals surface area contributed by atoms with Gasteiger partial charge in [0.05, 0.1) is 6.10 Å². The fraction of sp³-hybridized carbons (Fsp3) is 0.944. The maximum atomic E-state index is 10.6. The third-order valence-corrected chi connectivity index (χ3v) is 3.87. The van der Waals surface area contributed by atoms with Gasteiger partial charge in [0, 0.05) is 6.92 Å². The molecule has 3 nitrogen and oxygen atoms in total. The van der Waals surface area contributed by atoms with E-state index in [4.69, 9.17) is 4.74 Å². The SMILES string of the molecule is CCCCCCCCCCCCCCC(O)COC(C)=O.[H-].[Na+]. The molecule has 22 heavy (non-hydrogen) atoms. The van der Waals surface area contributed by atoms with Crippen LogP contribution in [-0.4, -0.2) is 23.8 Å².